The number of nitrogens with one attached hydrogen (secondary N) is 1. The van der Waals surface area contributed by atoms with Crippen molar-refractivity contribution >= 4 is 9.84 Å². The number of hydrogen-bond donors (Lipinski definition) is 1. The predicted octanol–water partition coefficient (Wildman–Crippen LogP) is 2.36. The number of sulfone groups is 1. The van der Waals surface area contributed by atoms with Gasteiger partial charge in [-0.2, -0.15) is 5.26 Å². The Morgan fingerprint density at radius 1 is 1.20 bits per heavy atom. The Kier molecular flexibility index (Phi) is 6.69. The van der Waals surface area contributed by atoms with Gasteiger partial charge in [0.15, 0.2) is 9.84 Å². The van der Waals surface area contributed by atoms with Gasteiger partial charge in [-0.25, -0.2) is 8.42 Å². The molecule has 110 valence electrons. The molecular formula is C15H22N2O2S. The monoisotopic (exact) mass is 294 g/mol. The molecule has 1 rings (SSSR count). The SMILES string of the molecule is CC(C)CCCNCCS(=O)(=O)c1ccc(C#N)cc1. The van der Waals surface area contributed by atoms with Gasteiger partial charge < -0.3 is 5.32 Å². The Balaban J connectivity index is 2.40. The minimum atomic E-state index is -3.26. The second-order valence-corrected chi connectivity index (χ2v) is 7.35. The van der Waals surface area contributed by atoms with Crippen LogP contribution in [0.4, 0.5) is 0 Å². The molecule has 0 aliphatic rings. The molecule has 0 saturated heterocycles. The molecule has 0 radical (unpaired) electrons. The summed E-state index contributed by atoms with van der Waals surface area (Å²) in [6.45, 7) is 5.66. The minimum Gasteiger partial charge on any atom is -0.316 e. The summed E-state index contributed by atoms with van der Waals surface area (Å²) in [4.78, 5) is 0.278. The predicted molar refractivity (Wildman–Crippen MR) is 80.2 cm³/mol. The van der Waals surface area contributed by atoms with Crippen LogP contribution in [0.1, 0.15) is 32.3 Å². The molecule has 1 aromatic rings. The first-order chi connectivity index (χ1) is 9.45. The number of nitrogens with zero attached hydrogens (tertiary/aromatic N) is 1. The number of benzene rings is 1. The van der Waals surface area contributed by atoms with Gasteiger partial charge in [0.25, 0.3) is 0 Å². The maximum absolute atomic E-state index is 12.0. The summed E-state index contributed by atoms with van der Waals surface area (Å²) in [5, 5.41) is 11.8. The molecule has 0 atom stereocenters. The lowest BCUT2D eigenvalue weighted by Crippen LogP contribution is -2.24. The molecule has 0 amide bonds. The third-order valence-corrected chi connectivity index (χ3v) is 4.76. The molecule has 0 unspecified atom stereocenters. The van der Waals surface area contributed by atoms with Crippen LogP contribution >= 0.6 is 0 Å². The standard InChI is InChI=1S/C15H22N2O2S/c1-13(2)4-3-9-17-10-11-20(18,19)15-7-5-14(12-16)6-8-15/h5-8,13,17H,3-4,9-11H2,1-2H3. The highest BCUT2D eigenvalue weighted by molar-refractivity contribution is 7.91. The van der Waals surface area contributed by atoms with E-state index in [1.165, 1.54) is 24.3 Å². The highest BCUT2D eigenvalue weighted by Gasteiger charge is 2.13. The van der Waals surface area contributed by atoms with Crippen molar-refractivity contribution in [3.05, 3.63) is 29.8 Å². The first kappa shape index (κ1) is 16.7. The van der Waals surface area contributed by atoms with Crippen LogP contribution in [0.2, 0.25) is 0 Å². The van der Waals surface area contributed by atoms with Gasteiger partial charge in [-0.3, -0.25) is 0 Å². The molecule has 20 heavy (non-hydrogen) atoms. The fraction of sp³-hybridized carbons (Fsp3) is 0.533. The van der Waals surface area contributed by atoms with Gasteiger partial charge in [0.05, 0.1) is 22.3 Å². The van der Waals surface area contributed by atoms with Crippen LogP contribution in [0.5, 0.6) is 0 Å². The molecular weight excluding hydrogens is 272 g/mol. The van der Waals surface area contributed by atoms with Gasteiger partial charge >= 0.3 is 0 Å². The molecule has 0 spiro atoms. The average molecular weight is 294 g/mol. The molecule has 0 aliphatic carbocycles. The third kappa shape index (κ3) is 5.72. The molecule has 0 heterocycles. The quantitative estimate of drug-likeness (QED) is 0.747. The Hall–Kier alpha value is -1.38. The summed E-state index contributed by atoms with van der Waals surface area (Å²) in [5.41, 5.74) is 0.468. The van der Waals surface area contributed by atoms with E-state index in [2.05, 4.69) is 19.2 Å². The molecule has 0 aliphatic heterocycles. The lowest BCUT2D eigenvalue weighted by Gasteiger charge is -2.07. The van der Waals surface area contributed by atoms with Crippen molar-refractivity contribution in [1.82, 2.24) is 5.32 Å². The van der Waals surface area contributed by atoms with E-state index >= 15 is 0 Å². The van der Waals surface area contributed by atoms with Gasteiger partial charge in [0, 0.05) is 6.54 Å². The second-order valence-electron chi connectivity index (χ2n) is 5.24. The van der Waals surface area contributed by atoms with Crippen LogP contribution in [-0.4, -0.2) is 27.3 Å². The van der Waals surface area contributed by atoms with Crippen LogP contribution in [0, 0.1) is 17.2 Å². The Morgan fingerprint density at radius 2 is 1.85 bits per heavy atom. The molecule has 0 aromatic heterocycles. The number of rotatable bonds is 8. The van der Waals surface area contributed by atoms with E-state index in [1.54, 1.807) is 0 Å². The molecule has 1 aromatic carbocycles. The fourth-order valence-electron chi connectivity index (χ4n) is 1.82. The van der Waals surface area contributed by atoms with Crippen molar-refractivity contribution in [2.75, 3.05) is 18.8 Å². The summed E-state index contributed by atoms with van der Waals surface area (Å²) in [7, 11) is -3.26. The zero-order chi connectivity index (χ0) is 15.0. The van der Waals surface area contributed by atoms with Crippen molar-refractivity contribution in [3.63, 3.8) is 0 Å². The molecule has 1 N–H and O–H groups in total. The van der Waals surface area contributed by atoms with E-state index in [4.69, 9.17) is 5.26 Å². The van der Waals surface area contributed by atoms with E-state index < -0.39 is 9.84 Å². The van der Waals surface area contributed by atoms with Crippen molar-refractivity contribution < 1.29 is 8.42 Å². The Bertz CT molecular complexity index is 542. The van der Waals surface area contributed by atoms with Gasteiger partial charge in [-0.1, -0.05) is 13.8 Å². The first-order valence-electron chi connectivity index (χ1n) is 6.89. The summed E-state index contributed by atoms with van der Waals surface area (Å²) < 4.78 is 24.1. The average Bonchev–Trinajstić information content (AvgIpc) is 2.42. The highest BCUT2D eigenvalue weighted by atomic mass is 32.2. The van der Waals surface area contributed by atoms with Crippen molar-refractivity contribution in [3.8, 4) is 6.07 Å². The molecule has 0 saturated carbocycles. The molecule has 0 bridgehead atoms. The third-order valence-electron chi connectivity index (χ3n) is 3.03. The van der Waals surface area contributed by atoms with Crippen molar-refractivity contribution in [2.45, 2.75) is 31.6 Å². The number of nitriles is 1. The summed E-state index contributed by atoms with van der Waals surface area (Å²) in [6.07, 6.45) is 2.21. The van der Waals surface area contributed by atoms with Crippen LogP contribution in [0.25, 0.3) is 0 Å². The Morgan fingerprint density at radius 3 is 2.40 bits per heavy atom. The normalized spacial score (nSPS) is 11.5. The van der Waals surface area contributed by atoms with Crippen molar-refractivity contribution in [1.29, 1.82) is 5.26 Å². The zero-order valence-electron chi connectivity index (χ0n) is 12.1. The largest absolute Gasteiger partial charge is 0.316 e. The molecule has 4 nitrogen and oxygen atoms in total. The lowest BCUT2D eigenvalue weighted by atomic mass is 10.1. The molecule has 5 heteroatoms. The summed E-state index contributed by atoms with van der Waals surface area (Å²) in [5.74, 6) is 0.764. The van der Waals surface area contributed by atoms with E-state index in [0.717, 1.165) is 19.4 Å². The first-order valence-corrected chi connectivity index (χ1v) is 8.54. The topological polar surface area (TPSA) is 70.0 Å². The van der Waals surface area contributed by atoms with E-state index in [1.807, 2.05) is 6.07 Å². The smallest absolute Gasteiger partial charge is 0.179 e. The Labute approximate surface area is 121 Å². The van der Waals surface area contributed by atoms with Crippen LogP contribution in [0.15, 0.2) is 29.2 Å². The van der Waals surface area contributed by atoms with Crippen LogP contribution in [-0.2, 0) is 9.84 Å². The van der Waals surface area contributed by atoms with Gasteiger partial charge in [0.1, 0.15) is 0 Å². The lowest BCUT2D eigenvalue weighted by molar-refractivity contribution is 0.531. The van der Waals surface area contributed by atoms with Gasteiger partial charge in [-0.05, 0) is 49.6 Å². The van der Waals surface area contributed by atoms with E-state index in [0.29, 0.717) is 18.0 Å². The highest BCUT2D eigenvalue weighted by Crippen LogP contribution is 2.11. The van der Waals surface area contributed by atoms with Gasteiger partial charge in [-0.15, -0.1) is 0 Å². The van der Waals surface area contributed by atoms with E-state index in [9.17, 15) is 8.42 Å². The van der Waals surface area contributed by atoms with E-state index in [-0.39, 0.29) is 10.6 Å². The second kappa shape index (κ2) is 8.03. The minimum absolute atomic E-state index is 0.0839. The summed E-state index contributed by atoms with van der Waals surface area (Å²) >= 11 is 0. The zero-order valence-corrected chi connectivity index (χ0v) is 12.9. The summed E-state index contributed by atoms with van der Waals surface area (Å²) in [6, 6.07) is 8.02. The van der Waals surface area contributed by atoms with Crippen LogP contribution in [0.3, 0.4) is 0 Å². The van der Waals surface area contributed by atoms with Gasteiger partial charge in [0.2, 0.25) is 0 Å². The maximum Gasteiger partial charge on any atom is 0.179 e. The molecule has 0 fully saturated rings. The van der Waals surface area contributed by atoms with Crippen molar-refractivity contribution in [2.24, 2.45) is 5.92 Å². The fourth-order valence-corrected chi connectivity index (χ4v) is 3.02. The van der Waals surface area contributed by atoms with Crippen LogP contribution < -0.4 is 5.32 Å². The maximum atomic E-state index is 12.0. The number of hydrogen-bond acceptors (Lipinski definition) is 4.